The second kappa shape index (κ2) is 4.61. The highest BCUT2D eigenvalue weighted by molar-refractivity contribution is 7.15. The van der Waals surface area contributed by atoms with Crippen LogP contribution in [-0.4, -0.2) is 21.0 Å². The average Bonchev–Trinajstić information content (AvgIpc) is 2.60. The van der Waals surface area contributed by atoms with Crippen molar-refractivity contribution < 1.29 is 9.90 Å². The standard InChI is InChI=1S/C11H12N4O2S/c1-5-6(2)18-11(14-5)15-9-3-7(10(16)17)8(12)4-13-9/h3-4H,12H2,1-2H3,(H,16,17)(H,13,14,15). The summed E-state index contributed by atoms with van der Waals surface area (Å²) >= 11 is 1.49. The molecule has 2 heterocycles. The minimum Gasteiger partial charge on any atom is -0.478 e. The Kier molecular flexibility index (Phi) is 3.15. The topological polar surface area (TPSA) is 101 Å². The number of hydrogen-bond acceptors (Lipinski definition) is 6. The minimum absolute atomic E-state index is 0.0255. The van der Waals surface area contributed by atoms with E-state index in [2.05, 4.69) is 15.3 Å². The van der Waals surface area contributed by atoms with Crippen LogP contribution in [0, 0.1) is 13.8 Å². The van der Waals surface area contributed by atoms with E-state index in [9.17, 15) is 4.79 Å². The number of carbonyl (C=O) groups is 1. The van der Waals surface area contributed by atoms with Crippen molar-refractivity contribution in [2.75, 3.05) is 11.1 Å². The zero-order chi connectivity index (χ0) is 13.3. The first-order chi connectivity index (χ1) is 8.47. The van der Waals surface area contributed by atoms with E-state index < -0.39 is 5.97 Å². The van der Waals surface area contributed by atoms with E-state index in [1.807, 2.05) is 13.8 Å². The van der Waals surface area contributed by atoms with Crippen molar-refractivity contribution in [2.45, 2.75) is 13.8 Å². The molecule has 18 heavy (non-hydrogen) atoms. The molecular weight excluding hydrogens is 252 g/mol. The van der Waals surface area contributed by atoms with Gasteiger partial charge in [-0.25, -0.2) is 14.8 Å². The van der Waals surface area contributed by atoms with Crippen LogP contribution in [0.1, 0.15) is 20.9 Å². The molecule has 0 aliphatic rings. The van der Waals surface area contributed by atoms with Crippen molar-refractivity contribution in [3.63, 3.8) is 0 Å². The number of nitrogens with two attached hydrogens (primary N) is 1. The maximum absolute atomic E-state index is 10.9. The number of aromatic nitrogens is 2. The highest BCUT2D eigenvalue weighted by Gasteiger charge is 2.11. The molecule has 6 nitrogen and oxygen atoms in total. The van der Waals surface area contributed by atoms with Gasteiger partial charge in [0.05, 0.1) is 23.1 Å². The quantitative estimate of drug-likeness (QED) is 0.785. The van der Waals surface area contributed by atoms with Gasteiger partial charge in [-0.2, -0.15) is 0 Å². The molecule has 0 unspecified atom stereocenters. The molecule has 0 saturated carbocycles. The fraction of sp³-hybridized carbons (Fsp3) is 0.182. The lowest BCUT2D eigenvalue weighted by molar-refractivity contribution is 0.0698. The van der Waals surface area contributed by atoms with Gasteiger partial charge in [0.2, 0.25) is 0 Å². The fourth-order valence-electron chi connectivity index (χ4n) is 1.36. The maximum Gasteiger partial charge on any atom is 0.337 e. The Hall–Kier alpha value is -2.15. The first-order valence-corrected chi connectivity index (χ1v) is 5.99. The molecule has 2 aromatic heterocycles. The van der Waals surface area contributed by atoms with Gasteiger partial charge in [-0.15, -0.1) is 11.3 Å². The van der Waals surface area contributed by atoms with E-state index in [0.29, 0.717) is 10.9 Å². The monoisotopic (exact) mass is 264 g/mol. The molecular formula is C11H12N4O2S. The molecule has 0 radical (unpaired) electrons. The summed E-state index contributed by atoms with van der Waals surface area (Å²) in [5.74, 6) is -0.667. The predicted octanol–water partition coefficient (Wildman–Crippen LogP) is 2.18. The number of nitrogens with zero attached hydrogens (tertiary/aromatic N) is 2. The van der Waals surface area contributed by atoms with E-state index in [1.54, 1.807) is 0 Å². The summed E-state index contributed by atoms with van der Waals surface area (Å²) in [6.45, 7) is 3.88. The Balaban J connectivity index is 2.29. The van der Waals surface area contributed by atoms with Crippen LogP contribution in [0.5, 0.6) is 0 Å². The van der Waals surface area contributed by atoms with Gasteiger partial charge in [0.15, 0.2) is 5.13 Å². The number of carboxylic acid groups (broad SMARTS) is 1. The van der Waals surface area contributed by atoms with Gasteiger partial charge < -0.3 is 16.2 Å². The van der Waals surface area contributed by atoms with Gasteiger partial charge in [-0.1, -0.05) is 0 Å². The van der Waals surface area contributed by atoms with Crippen molar-refractivity contribution in [1.82, 2.24) is 9.97 Å². The average molecular weight is 264 g/mol. The SMILES string of the molecule is Cc1nc(Nc2cc(C(=O)O)c(N)cn2)sc1C. The summed E-state index contributed by atoms with van der Waals surface area (Å²) in [5, 5.41) is 12.6. The molecule has 0 spiro atoms. The number of pyridine rings is 1. The second-order valence-electron chi connectivity index (χ2n) is 3.75. The van der Waals surface area contributed by atoms with Crippen LogP contribution in [0.25, 0.3) is 0 Å². The molecule has 4 N–H and O–H groups in total. The molecule has 0 fully saturated rings. The Morgan fingerprint density at radius 2 is 2.22 bits per heavy atom. The van der Waals surface area contributed by atoms with Crippen LogP contribution in [0.2, 0.25) is 0 Å². The zero-order valence-electron chi connectivity index (χ0n) is 9.89. The fourth-order valence-corrected chi connectivity index (χ4v) is 2.18. The van der Waals surface area contributed by atoms with Gasteiger partial charge in [-0.3, -0.25) is 0 Å². The molecule has 0 aliphatic heterocycles. The Morgan fingerprint density at radius 3 is 2.78 bits per heavy atom. The van der Waals surface area contributed by atoms with E-state index in [-0.39, 0.29) is 11.3 Å². The summed E-state index contributed by atoms with van der Waals surface area (Å²) < 4.78 is 0. The van der Waals surface area contributed by atoms with Gasteiger partial charge >= 0.3 is 5.97 Å². The third kappa shape index (κ3) is 2.40. The van der Waals surface area contributed by atoms with Gasteiger partial charge in [-0.05, 0) is 19.9 Å². The zero-order valence-corrected chi connectivity index (χ0v) is 10.7. The highest BCUT2D eigenvalue weighted by Crippen LogP contribution is 2.25. The second-order valence-corrected chi connectivity index (χ2v) is 4.95. The first kappa shape index (κ1) is 12.3. The molecule has 0 amide bonds. The lowest BCUT2D eigenvalue weighted by Crippen LogP contribution is -2.04. The van der Waals surface area contributed by atoms with Crippen LogP contribution >= 0.6 is 11.3 Å². The van der Waals surface area contributed by atoms with Crippen LogP contribution in [-0.2, 0) is 0 Å². The van der Waals surface area contributed by atoms with Crippen molar-refractivity contribution in [3.05, 3.63) is 28.4 Å². The van der Waals surface area contributed by atoms with E-state index >= 15 is 0 Å². The molecule has 0 saturated heterocycles. The molecule has 7 heteroatoms. The number of thiazole rings is 1. The third-order valence-corrected chi connectivity index (χ3v) is 3.42. The lowest BCUT2D eigenvalue weighted by Gasteiger charge is -2.04. The maximum atomic E-state index is 10.9. The normalized spacial score (nSPS) is 10.3. The number of nitrogens with one attached hydrogen (secondary N) is 1. The predicted molar refractivity (Wildman–Crippen MR) is 70.5 cm³/mol. The Labute approximate surface area is 108 Å². The Bertz CT molecular complexity index is 590. The van der Waals surface area contributed by atoms with E-state index in [1.165, 1.54) is 23.6 Å². The highest BCUT2D eigenvalue weighted by atomic mass is 32.1. The number of nitrogen functional groups attached to an aromatic ring is 1. The summed E-state index contributed by atoms with van der Waals surface area (Å²) in [4.78, 5) is 20.4. The summed E-state index contributed by atoms with van der Waals surface area (Å²) in [5.41, 5.74) is 6.63. The number of anilines is 3. The van der Waals surface area contributed by atoms with Crippen LogP contribution < -0.4 is 11.1 Å². The number of hydrogen-bond donors (Lipinski definition) is 3. The summed E-state index contributed by atoms with van der Waals surface area (Å²) in [6.07, 6.45) is 1.32. The van der Waals surface area contributed by atoms with Crippen molar-refractivity contribution >= 4 is 33.9 Å². The van der Waals surface area contributed by atoms with Crippen molar-refractivity contribution in [2.24, 2.45) is 0 Å². The lowest BCUT2D eigenvalue weighted by atomic mass is 10.2. The Morgan fingerprint density at radius 1 is 1.50 bits per heavy atom. The molecule has 94 valence electrons. The molecule has 2 aromatic rings. The van der Waals surface area contributed by atoms with Crippen LogP contribution in [0.3, 0.4) is 0 Å². The minimum atomic E-state index is -1.08. The third-order valence-electron chi connectivity index (χ3n) is 2.43. The smallest absolute Gasteiger partial charge is 0.337 e. The number of carboxylic acids is 1. The largest absolute Gasteiger partial charge is 0.478 e. The van der Waals surface area contributed by atoms with Crippen molar-refractivity contribution in [3.8, 4) is 0 Å². The molecule has 0 aromatic carbocycles. The van der Waals surface area contributed by atoms with E-state index in [0.717, 1.165) is 10.6 Å². The van der Waals surface area contributed by atoms with Crippen LogP contribution in [0.4, 0.5) is 16.6 Å². The molecule has 0 bridgehead atoms. The van der Waals surface area contributed by atoms with Gasteiger partial charge in [0.25, 0.3) is 0 Å². The summed E-state index contributed by atoms with van der Waals surface area (Å²) in [6, 6.07) is 1.39. The van der Waals surface area contributed by atoms with Crippen molar-refractivity contribution in [1.29, 1.82) is 0 Å². The summed E-state index contributed by atoms with van der Waals surface area (Å²) in [7, 11) is 0. The molecule has 2 rings (SSSR count). The number of rotatable bonds is 3. The van der Waals surface area contributed by atoms with Gasteiger partial charge in [0, 0.05) is 4.88 Å². The number of aryl methyl sites for hydroxylation is 2. The first-order valence-electron chi connectivity index (χ1n) is 5.17. The van der Waals surface area contributed by atoms with Gasteiger partial charge in [0.1, 0.15) is 5.82 Å². The molecule has 0 aliphatic carbocycles. The number of aromatic carboxylic acids is 1. The van der Waals surface area contributed by atoms with E-state index in [4.69, 9.17) is 10.8 Å². The molecule has 0 atom stereocenters. The van der Waals surface area contributed by atoms with Crippen LogP contribution in [0.15, 0.2) is 12.3 Å².